The second-order valence-corrected chi connectivity index (χ2v) is 13.6. The first-order valence-corrected chi connectivity index (χ1v) is 14.1. The molecule has 182 valence electrons. The molecule has 0 spiro atoms. The summed E-state index contributed by atoms with van der Waals surface area (Å²) in [5.41, 5.74) is 4.93. The molecule has 7 atom stereocenters. The maximum atomic E-state index is 10.8. The number of hydrogen-bond donors (Lipinski definition) is 1. The van der Waals surface area contributed by atoms with E-state index in [4.69, 9.17) is 0 Å². The number of aliphatic hydroxyl groups excluding tert-OH is 1. The standard InChI is InChI=1S/C31H52O/c1-8-9-10-11-12-13-22(2)23-16-20-31(7)25-14-15-26-28(3,4)27(32)18-19-29(26,5)24(25)17-21-30(23,31)6/h11-12,22-23,26-27,32H,8-10,13-21H2,1-7H3/b12-11+/t22-,23-,26?,27+,29-,30-,31+/m1/s1. The van der Waals surface area contributed by atoms with Crippen LogP contribution in [-0.4, -0.2) is 11.2 Å². The Kier molecular flexibility index (Phi) is 6.59. The average molecular weight is 441 g/mol. The lowest BCUT2D eigenvalue weighted by Crippen LogP contribution is -2.55. The molecule has 0 aliphatic heterocycles. The van der Waals surface area contributed by atoms with Crippen molar-refractivity contribution in [1.82, 2.24) is 0 Å². The number of aliphatic hydroxyl groups is 1. The van der Waals surface area contributed by atoms with Gasteiger partial charge in [-0.05, 0) is 104 Å². The van der Waals surface area contributed by atoms with Crippen LogP contribution in [0.2, 0.25) is 0 Å². The van der Waals surface area contributed by atoms with Gasteiger partial charge in [-0.25, -0.2) is 0 Å². The van der Waals surface area contributed by atoms with Crippen LogP contribution in [0.4, 0.5) is 0 Å². The molecule has 2 fully saturated rings. The molecule has 0 aromatic heterocycles. The summed E-state index contributed by atoms with van der Waals surface area (Å²) in [5.74, 6) is 2.28. The van der Waals surface area contributed by atoms with Gasteiger partial charge in [0.25, 0.3) is 0 Å². The van der Waals surface area contributed by atoms with Crippen molar-refractivity contribution in [1.29, 1.82) is 0 Å². The zero-order chi connectivity index (χ0) is 23.4. The van der Waals surface area contributed by atoms with Crippen LogP contribution in [0, 0.1) is 39.4 Å². The smallest absolute Gasteiger partial charge is 0.0594 e. The summed E-state index contributed by atoms with van der Waals surface area (Å²) in [5, 5.41) is 10.8. The minimum absolute atomic E-state index is 0.0457. The van der Waals surface area contributed by atoms with Crippen molar-refractivity contribution in [2.45, 2.75) is 132 Å². The first-order chi connectivity index (χ1) is 15.0. The van der Waals surface area contributed by atoms with Crippen molar-refractivity contribution >= 4 is 0 Å². The van der Waals surface area contributed by atoms with E-state index < -0.39 is 0 Å². The predicted molar refractivity (Wildman–Crippen MR) is 137 cm³/mol. The topological polar surface area (TPSA) is 20.2 Å². The molecule has 4 rings (SSSR count). The molecule has 0 aromatic rings. The molecular formula is C31H52O. The third-order valence-electron chi connectivity index (χ3n) is 11.9. The van der Waals surface area contributed by atoms with Gasteiger partial charge in [0.05, 0.1) is 6.10 Å². The number of allylic oxidation sites excluding steroid dienone is 4. The van der Waals surface area contributed by atoms with Crippen LogP contribution in [-0.2, 0) is 0 Å². The summed E-state index contributed by atoms with van der Waals surface area (Å²) in [4.78, 5) is 0. The highest BCUT2D eigenvalue weighted by Gasteiger charge is 2.63. The Morgan fingerprint density at radius 3 is 2.41 bits per heavy atom. The quantitative estimate of drug-likeness (QED) is 0.323. The van der Waals surface area contributed by atoms with E-state index in [1.165, 1.54) is 70.6 Å². The number of fused-ring (bicyclic) bond motifs is 4. The molecule has 1 unspecified atom stereocenters. The Labute approximate surface area is 199 Å². The summed E-state index contributed by atoms with van der Waals surface area (Å²) in [6.07, 6.45) is 20.2. The zero-order valence-electron chi connectivity index (χ0n) is 22.4. The molecule has 1 nitrogen and oxygen atoms in total. The third kappa shape index (κ3) is 3.50. The van der Waals surface area contributed by atoms with Gasteiger partial charge in [-0.3, -0.25) is 0 Å². The largest absolute Gasteiger partial charge is 0.393 e. The summed E-state index contributed by atoms with van der Waals surface area (Å²) in [7, 11) is 0. The number of rotatable bonds is 6. The van der Waals surface area contributed by atoms with E-state index in [0.717, 1.165) is 18.3 Å². The van der Waals surface area contributed by atoms with Crippen LogP contribution in [0.15, 0.2) is 23.3 Å². The summed E-state index contributed by atoms with van der Waals surface area (Å²) in [6.45, 7) is 17.4. The molecule has 0 amide bonds. The Morgan fingerprint density at radius 1 is 0.938 bits per heavy atom. The fourth-order valence-electron chi connectivity index (χ4n) is 9.54. The van der Waals surface area contributed by atoms with Crippen molar-refractivity contribution in [3.8, 4) is 0 Å². The molecule has 1 heteroatoms. The van der Waals surface area contributed by atoms with Crippen LogP contribution in [0.5, 0.6) is 0 Å². The molecule has 0 bridgehead atoms. The Morgan fingerprint density at radius 2 is 1.69 bits per heavy atom. The van der Waals surface area contributed by atoms with Gasteiger partial charge in [-0.15, -0.1) is 0 Å². The maximum Gasteiger partial charge on any atom is 0.0594 e. The van der Waals surface area contributed by atoms with Crippen molar-refractivity contribution in [3.05, 3.63) is 23.3 Å². The van der Waals surface area contributed by atoms with Crippen LogP contribution >= 0.6 is 0 Å². The van der Waals surface area contributed by atoms with Crippen LogP contribution in [0.3, 0.4) is 0 Å². The minimum atomic E-state index is -0.130. The normalized spacial score (nSPS) is 44.3. The van der Waals surface area contributed by atoms with Crippen molar-refractivity contribution in [3.63, 3.8) is 0 Å². The first-order valence-electron chi connectivity index (χ1n) is 14.1. The molecule has 4 aliphatic rings. The highest BCUT2D eigenvalue weighted by molar-refractivity contribution is 5.38. The third-order valence-corrected chi connectivity index (χ3v) is 11.9. The van der Waals surface area contributed by atoms with Gasteiger partial charge < -0.3 is 5.11 Å². The molecule has 0 saturated heterocycles. The molecule has 0 aromatic carbocycles. The fourth-order valence-corrected chi connectivity index (χ4v) is 9.54. The Hall–Kier alpha value is -0.560. The molecule has 0 radical (unpaired) electrons. The number of hydrogen-bond acceptors (Lipinski definition) is 1. The molecular weight excluding hydrogens is 388 g/mol. The maximum absolute atomic E-state index is 10.8. The average Bonchev–Trinajstić information content (AvgIpc) is 3.02. The monoisotopic (exact) mass is 440 g/mol. The fraction of sp³-hybridized carbons (Fsp3) is 0.871. The van der Waals surface area contributed by atoms with Crippen molar-refractivity contribution < 1.29 is 5.11 Å². The van der Waals surface area contributed by atoms with Gasteiger partial charge in [0.15, 0.2) is 0 Å². The van der Waals surface area contributed by atoms with E-state index >= 15 is 0 Å². The summed E-state index contributed by atoms with van der Waals surface area (Å²) < 4.78 is 0. The van der Waals surface area contributed by atoms with Crippen LogP contribution in [0.25, 0.3) is 0 Å². The number of unbranched alkanes of at least 4 members (excludes halogenated alkanes) is 2. The molecule has 32 heavy (non-hydrogen) atoms. The van der Waals surface area contributed by atoms with Crippen LogP contribution in [0.1, 0.15) is 126 Å². The second kappa shape index (κ2) is 8.58. The van der Waals surface area contributed by atoms with E-state index in [9.17, 15) is 5.11 Å². The Balaban J connectivity index is 1.60. The van der Waals surface area contributed by atoms with Gasteiger partial charge >= 0.3 is 0 Å². The van der Waals surface area contributed by atoms with E-state index in [1.807, 2.05) is 11.1 Å². The minimum Gasteiger partial charge on any atom is -0.393 e. The lowest BCUT2D eigenvalue weighted by Gasteiger charge is -2.62. The predicted octanol–water partition coefficient (Wildman–Crippen LogP) is 8.87. The summed E-state index contributed by atoms with van der Waals surface area (Å²) in [6, 6.07) is 0. The van der Waals surface area contributed by atoms with E-state index in [2.05, 4.69) is 60.6 Å². The van der Waals surface area contributed by atoms with E-state index in [-0.39, 0.29) is 11.5 Å². The van der Waals surface area contributed by atoms with Crippen molar-refractivity contribution in [2.24, 2.45) is 39.4 Å². The van der Waals surface area contributed by atoms with Crippen LogP contribution < -0.4 is 0 Å². The lowest BCUT2D eigenvalue weighted by atomic mass is 9.43. The first kappa shape index (κ1) is 24.6. The van der Waals surface area contributed by atoms with Crippen molar-refractivity contribution in [2.75, 3.05) is 0 Å². The van der Waals surface area contributed by atoms with E-state index in [0.29, 0.717) is 22.2 Å². The second-order valence-electron chi connectivity index (χ2n) is 13.6. The molecule has 1 N–H and O–H groups in total. The SMILES string of the molecule is CCCC/C=C/C[C@@H](C)[C@H]1CC[C@@]2(C)C3=C(CC[C@]12C)[C@@]1(C)CC[C@H](O)C(C)(C)C1CC3. The van der Waals surface area contributed by atoms with Gasteiger partial charge in [-0.2, -0.15) is 0 Å². The van der Waals surface area contributed by atoms with Gasteiger partial charge in [0.1, 0.15) is 0 Å². The highest BCUT2D eigenvalue weighted by atomic mass is 16.3. The highest BCUT2D eigenvalue weighted by Crippen LogP contribution is 2.72. The van der Waals surface area contributed by atoms with Gasteiger partial charge in [-0.1, -0.05) is 84.6 Å². The molecule has 2 saturated carbocycles. The zero-order valence-corrected chi connectivity index (χ0v) is 22.4. The van der Waals surface area contributed by atoms with Gasteiger partial charge in [0.2, 0.25) is 0 Å². The Bertz CT molecular complexity index is 758. The summed E-state index contributed by atoms with van der Waals surface area (Å²) >= 11 is 0. The molecule has 4 aliphatic carbocycles. The van der Waals surface area contributed by atoms with E-state index in [1.54, 1.807) is 0 Å². The lowest BCUT2D eigenvalue weighted by molar-refractivity contribution is -0.0961. The van der Waals surface area contributed by atoms with Gasteiger partial charge in [0, 0.05) is 0 Å². The molecule has 0 heterocycles.